The molecule has 1 rings (SSSR count). The Morgan fingerprint density at radius 1 is 1.44 bits per heavy atom. The standard InChI is InChI=1S/C13H24N2S/c1-4-7-11(2)14-9-6-5-8-13-15-12(3)10-16-13/h10-11,14H,4-9H2,1-3H3. The fourth-order valence-electron chi connectivity index (χ4n) is 1.80. The largest absolute Gasteiger partial charge is 0.314 e. The van der Waals surface area contributed by atoms with Crippen LogP contribution in [0, 0.1) is 6.92 Å². The van der Waals surface area contributed by atoms with E-state index in [0.717, 1.165) is 18.7 Å². The molecule has 1 aromatic heterocycles. The molecule has 0 fully saturated rings. The Morgan fingerprint density at radius 3 is 2.88 bits per heavy atom. The quantitative estimate of drug-likeness (QED) is 0.703. The number of nitrogens with zero attached hydrogens (tertiary/aromatic N) is 1. The molecule has 3 heteroatoms. The summed E-state index contributed by atoms with van der Waals surface area (Å²) in [5.41, 5.74) is 1.16. The van der Waals surface area contributed by atoms with Crippen molar-refractivity contribution in [2.45, 2.75) is 58.9 Å². The van der Waals surface area contributed by atoms with Crippen molar-refractivity contribution in [2.24, 2.45) is 0 Å². The minimum atomic E-state index is 0.673. The highest BCUT2D eigenvalue weighted by molar-refractivity contribution is 7.09. The molecule has 0 aliphatic rings. The summed E-state index contributed by atoms with van der Waals surface area (Å²) in [6, 6.07) is 0.673. The van der Waals surface area contributed by atoms with Crippen molar-refractivity contribution in [2.75, 3.05) is 6.54 Å². The molecule has 0 aliphatic carbocycles. The molecule has 0 amide bonds. The summed E-state index contributed by atoms with van der Waals surface area (Å²) >= 11 is 1.79. The number of hydrogen-bond donors (Lipinski definition) is 1. The van der Waals surface area contributed by atoms with Crippen molar-refractivity contribution in [1.82, 2.24) is 10.3 Å². The van der Waals surface area contributed by atoms with Crippen LogP contribution in [-0.4, -0.2) is 17.6 Å². The van der Waals surface area contributed by atoms with Gasteiger partial charge in [-0.25, -0.2) is 4.98 Å². The predicted octanol–water partition coefficient (Wildman–Crippen LogP) is 3.55. The van der Waals surface area contributed by atoms with Gasteiger partial charge in [-0.15, -0.1) is 11.3 Å². The van der Waals surface area contributed by atoms with E-state index < -0.39 is 0 Å². The van der Waals surface area contributed by atoms with Crippen LogP contribution in [0.1, 0.15) is 50.2 Å². The normalized spacial score (nSPS) is 12.9. The molecule has 92 valence electrons. The average molecular weight is 240 g/mol. The third kappa shape index (κ3) is 5.61. The zero-order chi connectivity index (χ0) is 11.8. The summed E-state index contributed by atoms with van der Waals surface area (Å²) in [5.74, 6) is 0. The average Bonchev–Trinajstić information content (AvgIpc) is 2.64. The molecule has 0 saturated heterocycles. The zero-order valence-corrected chi connectivity index (χ0v) is 11.6. The number of hydrogen-bond acceptors (Lipinski definition) is 3. The van der Waals surface area contributed by atoms with Gasteiger partial charge in [0.2, 0.25) is 0 Å². The molecule has 0 aliphatic heterocycles. The van der Waals surface area contributed by atoms with Gasteiger partial charge in [0.05, 0.1) is 5.01 Å². The van der Waals surface area contributed by atoms with Gasteiger partial charge in [-0.1, -0.05) is 13.3 Å². The predicted molar refractivity (Wildman–Crippen MR) is 72.2 cm³/mol. The van der Waals surface area contributed by atoms with E-state index in [9.17, 15) is 0 Å². The maximum absolute atomic E-state index is 4.47. The molecule has 0 aromatic carbocycles. The second-order valence-corrected chi connectivity index (χ2v) is 5.43. The Hall–Kier alpha value is -0.410. The molecule has 16 heavy (non-hydrogen) atoms. The third-order valence-corrected chi connectivity index (χ3v) is 3.72. The van der Waals surface area contributed by atoms with E-state index >= 15 is 0 Å². The van der Waals surface area contributed by atoms with E-state index in [4.69, 9.17) is 0 Å². The lowest BCUT2D eigenvalue weighted by atomic mass is 10.2. The van der Waals surface area contributed by atoms with Crippen LogP contribution in [0.2, 0.25) is 0 Å². The van der Waals surface area contributed by atoms with Gasteiger partial charge in [0.25, 0.3) is 0 Å². The summed E-state index contributed by atoms with van der Waals surface area (Å²) in [5, 5.41) is 6.98. The van der Waals surface area contributed by atoms with E-state index in [1.165, 1.54) is 30.7 Å². The topological polar surface area (TPSA) is 24.9 Å². The van der Waals surface area contributed by atoms with Crippen LogP contribution >= 0.6 is 11.3 Å². The smallest absolute Gasteiger partial charge is 0.0928 e. The Labute approximate surface area is 103 Å². The van der Waals surface area contributed by atoms with Gasteiger partial charge in [0.15, 0.2) is 0 Å². The number of nitrogens with one attached hydrogen (secondary N) is 1. The molecule has 0 radical (unpaired) electrons. The molecular weight excluding hydrogens is 216 g/mol. The van der Waals surface area contributed by atoms with Crippen molar-refractivity contribution in [1.29, 1.82) is 0 Å². The summed E-state index contributed by atoms with van der Waals surface area (Å²) in [7, 11) is 0. The van der Waals surface area contributed by atoms with Crippen LogP contribution in [0.4, 0.5) is 0 Å². The number of aromatic nitrogens is 1. The maximum Gasteiger partial charge on any atom is 0.0928 e. The van der Waals surface area contributed by atoms with E-state index in [-0.39, 0.29) is 0 Å². The van der Waals surface area contributed by atoms with Gasteiger partial charge in [-0.3, -0.25) is 0 Å². The van der Waals surface area contributed by atoms with Gasteiger partial charge < -0.3 is 5.32 Å². The number of rotatable bonds is 8. The van der Waals surface area contributed by atoms with Crippen LogP contribution in [-0.2, 0) is 6.42 Å². The Bertz CT molecular complexity index is 283. The van der Waals surface area contributed by atoms with E-state index in [2.05, 4.69) is 36.5 Å². The van der Waals surface area contributed by atoms with E-state index in [1.54, 1.807) is 11.3 Å². The van der Waals surface area contributed by atoms with Crippen molar-refractivity contribution in [3.63, 3.8) is 0 Å². The van der Waals surface area contributed by atoms with Crippen LogP contribution in [0.25, 0.3) is 0 Å². The number of unbranched alkanes of at least 4 members (excludes halogenated alkanes) is 1. The highest BCUT2D eigenvalue weighted by atomic mass is 32.1. The second kappa shape index (κ2) is 7.80. The molecule has 2 nitrogen and oxygen atoms in total. The number of aryl methyl sites for hydroxylation is 2. The molecule has 0 bridgehead atoms. The van der Waals surface area contributed by atoms with Gasteiger partial charge in [-0.2, -0.15) is 0 Å². The molecule has 1 unspecified atom stereocenters. The first-order chi connectivity index (χ1) is 7.72. The summed E-state index contributed by atoms with van der Waals surface area (Å²) in [6.07, 6.45) is 6.20. The molecular formula is C13H24N2S. The molecule has 1 heterocycles. The SMILES string of the molecule is CCCC(C)NCCCCc1nc(C)cs1. The fourth-order valence-corrected chi connectivity index (χ4v) is 2.62. The van der Waals surface area contributed by atoms with Crippen LogP contribution < -0.4 is 5.32 Å². The monoisotopic (exact) mass is 240 g/mol. The van der Waals surface area contributed by atoms with E-state index in [1.807, 2.05) is 0 Å². The molecule has 0 spiro atoms. The van der Waals surface area contributed by atoms with E-state index in [0.29, 0.717) is 6.04 Å². The Morgan fingerprint density at radius 2 is 2.25 bits per heavy atom. The summed E-state index contributed by atoms with van der Waals surface area (Å²) in [6.45, 7) is 7.72. The lowest BCUT2D eigenvalue weighted by Gasteiger charge is -2.11. The fraction of sp³-hybridized carbons (Fsp3) is 0.769. The highest BCUT2D eigenvalue weighted by Crippen LogP contribution is 2.11. The first kappa shape index (κ1) is 13.7. The maximum atomic E-state index is 4.47. The molecule has 1 aromatic rings. The number of thiazole rings is 1. The third-order valence-electron chi connectivity index (χ3n) is 2.70. The lowest BCUT2D eigenvalue weighted by molar-refractivity contribution is 0.495. The van der Waals surface area contributed by atoms with Gasteiger partial charge in [-0.05, 0) is 46.1 Å². The van der Waals surface area contributed by atoms with Gasteiger partial charge >= 0.3 is 0 Å². The molecule has 1 atom stereocenters. The van der Waals surface area contributed by atoms with Crippen LogP contribution in [0.5, 0.6) is 0 Å². The zero-order valence-electron chi connectivity index (χ0n) is 10.8. The van der Waals surface area contributed by atoms with Gasteiger partial charge in [0.1, 0.15) is 0 Å². The van der Waals surface area contributed by atoms with Crippen molar-refractivity contribution in [3.05, 3.63) is 16.1 Å². The highest BCUT2D eigenvalue weighted by Gasteiger charge is 2.00. The first-order valence-electron chi connectivity index (χ1n) is 6.36. The van der Waals surface area contributed by atoms with Gasteiger partial charge in [0, 0.05) is 17.1 Å². The Kier molecular flexibility index (Phi) is 6.65. The summed E-state index contributed by atoms with van der Waals surface area (Å²) < 4.78 is 0. The van der Waals surface area contributed by atoms with Crippen molar-refractivity contribution < 1.29 is 0 Å². The molecule has 0 saturated carbocycles. The lowest BCUT2D eigenvalue weighted by Crippen LogP contribution is -2.26. The van der Waals surface area contributed by atoms with Crippen molar-refractivity contribution >= 4 is 11.3 Å². The van der Waals surface area contributed by atoms with Crippen LogP contribution in [0.15, 0.2) is 5.38 Å². The minimum Gasteiger partial charge on any atom is -0.314 e. The minimum absolute atomic E-state index is 0.673. The first-order valence-corrected chi connectivity index (χ1v) is 7.24. The second-order valence-electron chi connectivity index (χ2n) is 4.48. The van der Waals surface area contributed by atoms with Crippen LogP contribution in [0.3, 0.4) is 0 Å². The summed E-state index contributed by atoms with van der Waals surface area (Å²) in [4.78, 5) is 4.47. The van der Waals surface area contributed by atoms with Crippen molar-refractivity contribution in [3.8, 4) is 0 Å². The Balaban J connectivity index is 2.00. The molecule has 1 N–H and O–H groups in total.